The maximum absolute atomic E-state index is 12.9. The molecule has 98 valence electrons. The molecular weight excluding hydrogens is 231 g/mol. The van der Waals surface area contributed by atoms with E-state index in [0.717, 1.165) is 18.4 Å². The van der Waals surface area contributed by atoms with Crippen LogP contribution in [0.4, 0.5) is 4.39 Å². The predicted molar refractivity (Wildman–Crippen MR) is 68.3 cm³/mol. The highest BCUT2D eigenvalue weighted by atomic mass is 19.1. The van der Waals surface area contributed by atoms with Gasteiger partial charge in [0.2, 0.25) is 5.91 Å². The predicted octanol–water partition coefficient (Wildman–Crippen LogP) is 2.13. The Kier molecular flexibility index (Phi) is 3.97. The molecule has 0 spiro atoms. The smallest absolute Gasteiger partial charge is 0.234 e. The van der Waals surface area contributed by atoms with Crippen molar-refractivity contribution in [2.45, 2.75) is 38.3 Å². The van der Waals surface area contributed by atoms with E-state index in [-0.39, 0.29) is 23.8 Å². The van der Waals surface area contributed by atoms with Gasteiger partial charge in [0, 0.05) is 6.04 Å². The van der Waals surface area contributed by atoms with Crippen molar-refractivity contribution in [3.05, 3.63) is 35.6 Å². The van der Waals surface area contributed by atoms with Crippen LogP contribution < -0.4 is 11.1 Å². The highest BCUT2D eigenvalue weighted by Gasteiger charge is 2.30. The van der Waals surface area contributed by atoms with Crippen LogP contribution in [0.3, 0.4) is 0 Å². The lowest BCUT2D eigenvalue weighted by Gasteiger charge is -2.36. The maximum Gasteiger partial charge on any atom is 0.234 e. The molecule has 2 unspecified atom stereocenters. The Bertz CT molecular complexity index is 414. The molecule has 0 heterocycles. The van der Waals surface area contributed by atoms with E-state index in [2.05, 4.69) is 5.32 Å². The number of nitrogens with two attached hydrogens (primary N) is 1. The van der Waals surface area contributed by atoms with Crippen LogP contribution in [-0.2, 0) is 4.79 Å². The number of nitrogens with one attached hydrogen (secondary N) is 1. The summed E-state index contributed by atoms with van der Waals surface area (Å²) in [5, 5.41) is 3.26. The van der Waals surface area contributed by atoms with Crippen LogP contribution in [0.25, 0.3) is 0 Å². The van der Waals surface area contributed by atoms with Crippen LogP contribution in [0.15, 0.2) is 24.3 Å². The molecule has 0 radical (unpaired) electrons. The normalized spacial score (nSPS) is 19.0. The molecular formula is C14H19FN2O. The van der Waals surface area contributed by atoms with Gasteiger partial charge in [-0.3, -0.25) is 10.1 Å². The molecule has 2 rings (SSSR count). The molecule has 1 aromatic rings. The molecule has 1 saturated carbocycles. The minimum atomic E-state index is -0.374. The minimum absolute atomic E-state index is 0.0850. The fourth-order valence-corrected chi connectivity index (χ4v) is 2.30. The standard InChI is InChI=1S/C14H19FN2O/c1-9(14(16)18)17-13(10-3-2-4-10)11-5-7-12(15)8-6-11/h5-10,13,17H,2-4H2,1H3,(H2,16,18). The third-order valence-corrected chi connectivity index (χ3v) is 3.71. The van der Waals surface area contributed by atoms with E-state index in [9.17, 15) is 9.18 Å². The highest BCUT2D eigenvalue weighted by Crippen LogP contribution is 2.37. The number of hydrogen-bond donors (Lipinski definition) is 2. The van der Waals surface area contributed by atoms with Gasteiger partial charge in [0.05, 0.1) is 6.04 Å². The number of hydrogen-bond acceptors (Lipinski definition) is 2. The van der Waals surface area contributed by atoms with Crippen molar-refractivity contribution >= 4 is 5.91 Å². The van der Waals surface area contributed by atoms with Gasteiger partial charge in [0.1, 0.15) is 5.82 Å². The molecule has 1 aliphatic rings. The van der Waals surface area contributed by atoms with Crippen LogP contribution >= 0.6 is 0 Å². The lowest BCUT2D eigenvalue weighted by molar-refractivity contribution is -0.120. The van der Waals surface area contributed by atoms with Crippen molar-refractivity contribution in [2.75, 3.05) is 0 Å². The van der Waals surface area contributed by atoms with Crippen molar-refractivity contribution in [3.8, 4) is 0 Å². The SMILES string of the molecule is CC(NC(c1ccc(F)cc1)C1CCC1)C(N)=O. The molecule has 1 fully saturated rings. The molecule has 1 aromatic carbocycles. The van der Waals surface area contributed by atoms with Crippen LogP contribution in [0.2, 0.25) is 0 Å². The summed E-state index contributed by atoms with van der Waals surface area (Å²) in [5.41, 5.74) is 6.31. The number of benzene rings is 1. The van der Waals surface area contributed by atoms with Gasteiger partial charge >= 0.3 is 0 Å². The second-order valence-electron chi connectivity index (χ2n) is 5.01. The van der Waals surface area contributed by atoms with E-state index in [1.165, 1.54) is 18.6 Å². The van der Waals surface area contributed by atoms with Gasteiger partial charge in [-0.2, -0.15) is 0 Å². The Labute approximate surface area is 107 Å². The fourth-order valence-electron chi connectivity index (χ4n) is 2.30. The third kappa shape index (κ3) is 2.88. The molecule has 18 heavy (non-hydrogen) atoms. The highest BCUT2D eigenvalue weighted by molar-refractivity contribution is 5.79. The third-order valence-electron chi connectivity index (χ3n) is 3.71. The van der Waals surface area contributed by atoms with Crippen LogP contribution in [0, 0.1) is 11.7 Å². The van der Waals surface area contributed by atoms with E-state index in [1.807, 2.05) is 0 Å². The summed E-state index contributed by atoms with van der Waals surface area (Å²) in [6.45, 7) is 1.76. The molecule has 2 atom stereocenters. The summed E-state index contributed by atoms with van der Waals surface area (Å²) in [4.78, 5) is 11.1. The number of carbonyl (C=O) groups excluding carboxylic acids is 1. The summed E-state index contributed by atoms with van der Waals surface area (Å²) >= 11 is 0. The number of amides is 1. The first-order valence-corrected chi connectivity index (χ1v) is 6.39. The van der Waals surface area contributed by atoms with Gasteiger partial charge in [-0.1, -0.05) is 18.6 Å². The Morgan fingerprint density at radius 2 is 2.00 bits per heavy atom. The second kappa shape index (κ2) is 5.48. The Morgan fingerprint density at radius 1 is 1.39 bits per heavy atom. The lowest BCUT2D eigenvalue weighted by Crippen LogP contribution is -2.44. The van der Waals surface area contributed by atoms with E-state index in [0.29, 0.717) is 5.92 Å². The maximum atomic E-state index is 12.9. The summed E-state index contributed by atoms with van der Waals surface area (Å²) in [5.74, 6) is -0.0900. The molecule has 4 heteroatoms. The fraction of sp³-hybridized carbons (Fsp3) is 0.500. The second-order valence-corrected chi connectivity index (χ2v) is 5.01. The van der Waals surface area contributed by atoms with E-state index in [4.69, 9.17) is 5.73 Å². The molecule has 3 nitrogen and oxygen atoms in total. The first-order chi connectivity index (χ1) is 8.58. The minimum Gasteiger partial charge on any atom is -0.368 e. The topological polar surface area (TPSA) is 55.1 Å². The zero-order chi connectivity index (χ0) is 13.1. The number of carbonyl (C=O) groups is 1. The Balaban J connectivity index is 2.14. The van der Waals surface area contributed by atoms with Crippen LogP contribution in [0.1, 0.15) is 37.8 Å². The monoisotopic (exact) mass is 250 g/mol. The summed E-state index contributed by atoms with van der Waals surface area (Å²) in [6.07, 6.45) is 3.50. The Morgan fingerprint density at radius 3 is 2.44 bits per heavy atom. The Hall–Kier alpha value is -1.42. The van der Waals surface area contributed by atoms with Gasteiger partial charge in [0.25, 0.3) is 0 Å². The average molecular weight is 250 g/mol. The summed E-state index contributed by atoms with van der Waals surface area (Å²) < 4.78 is 12.9. The van der Waals surface area contributed by atoms with E-state index in [1.54, 1.807) is 19.1 Å². The average Bonchev–Trinajstić information content (AvgIpc) is 2.26. The van der Waals surface area contributed by atoms with Gasteiger partial charge in [-0.25, -0.2) is 4.39 Å². The molecule has 1 aliphatic carbocycles. The van der Waals surface area contributed by atoms with Crippen LogP contribution in [0.5, 0.6) is 0 Å². The number of halogens is 1. The van der Waals surface area contributed by atoms with Gasteiger partial charge in [-0.05, 0) is 43.4 Å². The molecule has 3 N–H and O–H groups in total. The molecule has 0 aliphatic heterocycles. The zero-order valence-electron chi connectivity index (χ0n) is 10.5. The molecule has 0 aromatic heterocycles. The lowest BCUT2D eigenvalue weighted by atomic mass is 9.77. The van der Waals surface area contributed by atoms with Gasteiger partial charge in [0.15, 0.2) is 0 Å². The van der Waals surface area contributed by atoms with Crippen molar-refractivity contribution in [1.29, 1.82) is 0 Å². The quantitative estimate of drug-likeness (QED) is 0.841. The van der Waals surface area contributed by atoms with Gasteiger partial charge in [-0.15, -0.1) is 0 Å². The van der Waals surface area contributed by atoms with E-state index < -0.39 is 0 Å². The number of primary amides is 1. The summed E-state index contributed by atoms with van der Waals surface area (Å²) in [6, 6.07) is 6.18. The summed E-state index contributed by atoms with van der Waals surface area (Å²) in [7, 11) is 0. The van der Waals surface area contributed by atoms with Crippen molar-refractivity contribution in [2.24, 2.45) is 11.7 Å². The van der Waals surface area contributed by atoms with Crippen molar-refractivity contribution < 1.29 is 9.18 Å². The number of rotatable bonds is 5. The van der Waals surface area contributed by atoms with Gasteiger partial charge < -0.3 is 5.73 Å². The van der Waals surface area contributed by atoms with Crippen molar-refractivity contribution in [3.63, 3.8) is 0 Å². The van der Waals surface area contributed by atoms with E-state index >= 15 is 0 Å². The molecule has 0 bridgehead atoms. The first-order valence-electron chi connectivity index (χ1n) is 6.39. The van der Waals surface area contributed by atoms with Crippen LogP contribution in [-0.4, -0.2) is 11.9 Å². The molecule has 0 saturated heterocycles. The van der Waals surface area contributed by atoms with Crippen molar-refractivity contribution in [1.82, 2.24) is 5.32 Å². The zero-order valence-corrected chi connectivity index (χ0v) is 10.5. The first kappa shape index (κ1) is 13.0. The largest absolute Gasteiger partial charge is 0.368 e. The molecule has 1 amide bonds.